The summed E-state index contributed by atoms with van der Waals surface area (Å²) in [5.74, 6) is 4.68. The van der Waals surface area contributed by atoms with Crippen molar-refractivity contribution in [3.63, 3.8) is 0 Å². The Morgan fingerprint density at radius 3 is 2.67 bits per heavy atom. The second-order valence-electron chi connectivity index (χ2n) is 4.44. The van der Waals surface area contributed by atoms with Crippen LogP contribution >= 0.6 is 0 Å². The molecular weight excluding hydrogens is 232 g/mol. The van der Waals surface area contributed by atoms with Crippen LogP contribution in [0.3, 0.4) is 0 Å². The van der Waals surface area contributed by atoms with Crippen LogP contribution in [0.5, 0.6) is 0 Å². The Morgan fingerprint density at radius 1 is 1.50 bits per heavy atom. The maximum Gasteiger partial charge on any atom is 0.241 e. The molecule has 0 saturated carbocycles. The Bertz CT molecular complexity index is 401. The molecule has 18 heavy (non-hydrogen) atoms. The fraction of sp³-hybridized carbons (Fsp3) is 0.462. The van der Waals surface area contributed by atoms with Crippen molar-refractivity contribution in [3.8, 4) is 0 Å². The van der Waals surface area contributed by atoms with Gasteiger partial charge in [-0.15, -0.1) is 0 Å². The van der Waals surface area contributed by atoms with Crippen molar-refractivity contribution in [2.45, 2.75) is 25.6 Å². The van der Waals surface area contributed by atoms with Crippen LogP contribution < -0.4 is 11.3 Å². The van der Waals surface area contributed by atoms with E-state index in [1.807, 2.05) is 31.2 Å². The predicted octanol–water partition coefficient (Wildman–Crippen LogP) is 0.695. The summed E-state index contributed by atoms with van der Waals surface area (Å²) in [4.78, 5) is 11.4. The number of rotatable bonds is 5. The number of nitrogens with two attached hydrogens (primary N) is 1. The summed E-state index contributed by atoms with van der Waals surface area (Å²) in [7, 11) is 0. The third kappa shape index (κ3) is 3.07. The van der Waals surface area contributed by atoms with Gasteiger partial charge in [0.15, 0.2) is 0 Å². The van der Waals surface area contributed by atoms with Gasteiger partial charge in [-0.3, -0.25) is 10.2 Å². The minimum atomic E-state index is -0.245. The zero-order valence-corrected chi connectivity index (χ0v) is 10.4. The number of amides is 1. The van der Waals surface area contributed by atoms with Gasteiger partial charge in [0.05, 0.1) is 25.7 Å². The number of hydrogen-bond donors (Lipinski definition) is 2. The quantitative estimate of drug-likeness (QED) is 0.458. The first-order chi connectivity index (χ1) is 8.70. The number of nitrogens with one attached hydrogen (secondary N) is 1. The summed E-state index contributed by atoms with van der Waals surface area (Å²) in [6.07, 6.45) is 0.228. The van der Waals surface area contributed by atoms with E-state index in [-0.39, 0.29) is 17.9 Å². The second-order valence-corrected chi connectivity index (χ2v) is 4.44. The maximum atomic E-state index is 11.4. The smallest absolute Gasteiger partial charge is 0.241 e. The summed E-state index contributed by atoms with van der Waals surface area (Å²) < 4.78 is 10.6. The highest BCUT2D eigenvalue weighted by molar-refractivity contribution is 5.82. The van der Waals surface area contributed by atoms with Crippen LogP contribution in [0.2, 0.25) is 0 Å². The average Bonchev–Trinajstić information content (AvgIpc) is 2.36. The van der Waals surface area contributed by atoms with Crippen molar-refractivity contribution >= 4 is 5.91 Å². The number of benzene rings is 1. The number of carbonyl (C=O) groups is 1. The monoisotopic (exact) mass is 250 g/mol. The molecule has 2 rings (SSSR count). The van der Waals surface area contributed by atoms with Gasteiger partial charge in [0.25, 0.3) is 0 Å². The lowest BCUT2D eigenvalue weighted by atomic mass is 9.99. The maximum absolute atomic E-state index is 11.4. The molecule has 1 aliphatic heterocycles. The molecule has 0 spiro atoms. The SMILES string of the molecule is CC(C(=O)NN)c1ccc(COC2COC2)cc1. The van der Waals surface area contributed by atoms with Gasteiger partial charge in [-0.1, -0.05) is 24.3 Å². The van der Waals surface area contributed by atoms with Gasteiger partial charge >= 0.3 is 0 Å². The van der Waals surface area contributed by atoms with Crippen LogP contribution in [0.25, 0.3) is 0 Å². The Hall–Kier alpha value is -1.43. The first-order valence-electron chi connectivity index (χ1n) is 5.99. The fourth-order valence-electron chi connectivity index (χ4n) is 1.70. The molecule has 0 bridgehead atoms. The van der Waals surface area contributed by atoms with Gasteiger partial charge in [0, 0.05) is 0 Å². The van der Waals surface area contributed by atoms with Crippen LogP contribution in [-0.2, 0) is 20.9 Å². The van der Waals surface area contributed by atoms with Crippen LogP contribution in [0.4, 0.5) is 0 Å². The number of ether oxygens (including phenoxy) is 2. The van der Waals surface area contributed by atoms with Crippen LogP contribution in [-0.4, -0.2) is 25.2 Å². The zero-order chi connectivity index (χ0) is 13.0. The Kier molecular flexibility index (Phi) is 4.30. The number of hydrogen-bond acceptors (Lipinski definition) is 4. The highest BCUT2D eigenvalue weighted by Crippen LogP contribution is 2.17. The Balaban J connectivity index is 1.89. The molecule has 1 aromatic carbocycles. The van der Waals surface area contributed by atoms with E-state index in [9.17, 15) is 4.79 Å². The van der Waals surface area contributed by atoms with Gasteiger partial charge in [0.1, 0.15) is 6.10 Å². The molecule has 1 saturated heterocycles. The van der Waals surface area contributed by atoms with E-state index in [0.29, 0.717) is 19.8 Å². The van der Waals surface area contributed by atoms with Crippen molar-refractivity contribution in [1.82, 2.24) is 5.43 Å². The van der Waals surface area contributed by atoms with Crippen molar-refractivity contribution in [3.05, 3.63) is 35.4 Å². The molecule has 1 aromatic rings. The molecule has 98 valence electrons. The molecule has 0 radical (unpaired) electrons. The molecule has 0 aliphatic carbocycles. The zero-order valence-electron chi connectivity index (χ0n) is 10.4. The van der Waals surface area contributed by atoms with Crippen molar-refractivity contribution in [1.29, 1.82) is 0 Å². The predicted molar refractivity (Wildman–Crippen MR) is 66.6 cm³/mol. The molecule has 5 nitrogen and oxygen atoms in total. The van der Waals surface area contributed by atoms with Crippen molar-refractivity contribution in [2.75, 3.05) is 13.2 Å². The van der Waals surface area contributed by atoms with E-state index in [1.165, 1.54) is 0 Å². The highest BCUT2D eigenvalue weighted by Gasteiger charge is 2.18. The molecule has 1 amide bonds. The molecule has 1 fully saturated rings. The van der Waals surface area contributed by atoms with Gasteiger partial charge in [-0.2, -0.15) is 0 Å². The summed E-state index contributed by atoms with van der Waals surface area (Å²) in [6.45, 7) is 3.77. The summed E-state index contributed by atoms with van der Waals surface area (Å²) >= 11 is 0. The fourth-order valence-corrected chi connectivity index (χ4v) is 1.70. The van der Waals surface area contributed by atoms with Gasteiger partial charge in [-0.05, 0) is 18.1 Å². The molecule has 5 heteroatoms. The van der Waals surface area contributed by atoms with E-state index >= 15 is 0 Å². The lowest BCUT2D eigenvalue weighted by Gasteiger charge is -2.26. The molecule has 0 aromatic heterocycles. The minimum Gasteiger partial charge on any atom is -0.376 e. The Morgan fingerprint density at radius 2 is 2.17 bits per heavy atom. The van der Waals surface area contributed by atoms with E-state index in [0.717, 1.165) is 11.1 Å². The van der Waals surface area contributed by atoms with E-state index < -0.39 is 0 Å². The molecular formula is C13H18N2O3. The van der Waals surface area contributed by atoms with Crippen LogP contribution in [0.15, 0.2) is 24.3 Å². The molecule has 1 unspecified atom stereocenters. The van der Waals surface area contributed by atoms with E-state index in [2.05, 4.69) is 5.43 Å². The molecule has 3 N–H and O–H groups in total. The lowest BCUT2D eigenvalue weighted by Crippen LogP contribution is -2.35. The molecule has 1 aliphatic rings. The largest absolute Gasteiger partial charge is 0.376 e. The van der Waals surface area contributed by atoms with Crippen molar-refractivity contribution < 1.29 is 14.3 Å². The number of hydrazine groups is 1. The topological polar surface area (TPSA) is 73.6 Å². The van der Waals surface area contributed by atoms with Gasteiger partial charge in [0.2, 0.25) is 5.91 Å². The highest BCUT2D eigenvalue weighted by atomic mass is 16.6. The lowest BCUT2D eigenvalue weighted by molar-refractivity contribution is -0.135. The molecule has 1 heterocycles. The average molecular weight is 250 g/mol. The summed E-state index contributed by atoms with van der Waals surface area (Å²) in [6, 6.07) is 7.79. The van der Waals surface area contributed by atoms with Crippen molar-refractivity contribution in [2.24, 2.45) is 5.84 Å². The van der Waals surface area contributed by atoms with Gasteiger partial charge < -0.3 is 9.47 Å². The van der Waals surface area contributed by atoms with Crippen LogP contribution in [0, 0.1) is 0 Å². The number of carbonyl (C=O) groups excluding carboxylic acids is 1. The summed E-state index contributed by atoms with van der Waals surface area (Å²) in [5.41, 5.74) is 4.18. The first-order valence-corrected chi connectivity index (χ1v) is 5.99. The first kappa shape index (κ1) is 13.0. The minimum absolute atomic E-state index is 0.189. The standard InChI is InChI=1S/C13H18N2O3/c1-9(13(16)15-14)11-4-2-10(3-5-11)6-18-12-7-17-8-12/h2-5,9,12H,6-8,14H2,1H3,(H,15,16). The normalized spacial score (nSPS) is 17.0. The van der Waals surface area contributed by atoms with Crippen LogP contribution in [0.1, 0.15) is 24.0 Å². The molecule has 1 atom stereocenters. The third-order valence-electron chi connectivity index (χ3n) is 3.11. The van der Waals surface area contributed by atoms with E-state index in [4.69, 9.17) is 15.3 Å². The van der Waals surface area contributed by atoms with E-state index in [1.54, 1.807) is 0 Å². The Labute approximate surface area is 106 Å². The van der Waals surface area contributed by atoms with Gasteiger partial charge in [-0.25, -0.2) is 5.84 Å². The summed E-state index contributed by atoms with van der Waals surface area (Å²) in [5, 5.41) is 0. The third-order valence-corrected chi connectivity index (χ3v) is 3.11. The second kappa shape index (κ2) is 5.95.